The number of anilines is 1. The summed E-state index contributed by atoms with van der Waals surface area (Å²) in [6.45, 7) is 8.55. The molecular weight excluding hydrogens is 276 g/mol. The third-order valence-electron chi connectivity index (χ3n) is 3.84. The predicted molar refractivity (Wildman–Crippen MR) is 88.7 cm³/mol. The van der Waals surface area contributed by atoms with Crippen LogP contribution in [0.2, 0.25) is 0 Å². The van der Waals surface area contributed by atoms with Crippen LogP contribution < -0.4 is 5.32 Å². The molecule has 1 N–H and O–H groups in total. The molecule has 1 aliphatic rings. The number of carbonyl (C=O) groups is 2. The van der Waals surface area contributed by atoms with Gasteiger partial charge in [0.1, 0.15) is 0 Å². The van der Waals surface area contributed by atoms with Crippen LogP contribution in [-0.4, -0.2) is 29.3 Å². The van der Waals surface area contributed by atoms with Crippen LogP contribution in [0.25, 0.3) is 0 Å². The molecule has 1 atom stereocenters. The zero-order chi connectivity index (χ0) is 16.3. The van der Waals surface area contributed by atoms with E-state index in [-0.39, 0.29) is 23.8 Å². The minimum absolute atomic E-state index is 0.00402. The van der Waals surface area contributed by atoms with Crippen LogP contribution >= 0.6 is 0 Å². The van der Waals surface area contributed by atoms with Gasteiger partial charge in [0.05, 0.1) is 6.04 Å². The van der Waals surface area contributed by atoms with Gasteiger partial charge in [-0.15, -0.1) is 0 Å². The number of hydrogen-bond acceptors (Lipinski definition) is 2. The Labute approximate surface area is 132 Å². The van der Waals surface area contributed by atoms with Gasteiger partial charge in [-0.05, 0) is 24.1 Å². The average Bonchev–Trinajstić information content (AvgIpc) is 2.96. The first-order chi connectivity index (χ1) is 10.4. The molecule has 118 valence electrons. The van der Waals surface area contributed by atoms with Gasteiger partial charge < -0.3 is 10.2 Å². The van der Waals surface area contributed by atoms with Crippen molar-refractivity contribution in [2.75, 3.05) is 11.9 Å². The van der Waals surface area contributed by atoms with Gasteiger partial charge in [-0.1, -0.05) is 45.9 Å². The molecule has 1 aliphatic heterocycles. The number of rotatable bonds is 4. The molecule has 0 aliphatic carbocycles. The fraction of sp³-hybridized carbons (Fsp3) is 0.444. The summed E-state index contributed by atoms with van der Waals surface area (Å²) in [5, 5.41) is 2.84. The van der Waals surface area contributed by atoms with E-state index in [9.17, 15) is 9.59 Å². The highest BCUT2D eigenvalue weighted by atomic mass is 16.2. The van der Waals surface area contributed by atoms with E-state index in [0.29, 0.717) is 23.7 Å². The van der Waals surface area contributed by atoms with Crippen molar-refractivity contribution in [3.8, 4) is 0 Å². The maximum Gasteiger partial charge on any atom is 0.254 e. The molecule has 0 aromatic heterocycles. The monoisotopic (exact) mass is 300 g/mol. The van der Waals surface area contributed by atoms with E-state index in [1.54, 1.807) is 24.3 Å². The lowest BCUT2D eigenvalue weighted by molar-refractivity contribution is -0.118. The summed E-state index contributed by atoms with van der Waals surface area (Å²) < 4.78 is 0. The van der Waals surface area contributed by atoms with Gasteiger partial charge in [-0.2, -0.15) is 0 Å². The van der Waals surface area contributed by atoms with Crippen molar-refractivity contribution in [3.05, 3.63) is 42.0 Å². The molecule has 0 saturated carbocycles. The largest absolute Gasteiger partial charge is 0.328 e. The molecule has 0 fully saturated rings. The van der Waals surface area contributed by atoms with E-state index in [0.717, 1.165) is 0 Å². The summed E-state index contributed by atoms with van der Waals surface area (Å²) in [6.07, 6.45) is 4.12. The molecule has 1 aromatic rings. The Bertz CT molecular complexity index is 591. The maximum atomic E-state index is 12.7. The molecule has 0 saturated heterocycles. The zero-order valence-electron chi connectivity index (χ0n) is 13.7. The van der Waals surface area contributed by atoms with Crippen LogP contribution in [-0.2, 0) is 4.79 Å². The van der Waals surface area contributed by atoms with Gasteiger partial charge in [0, 0.05) is 23.7 Å². The lowest BCUT2D eigenvalue weighted by atomic mass is 10.0. The van der Waals surface area contributed by atoms with E-state index in [1.165, 1.54) is 0 Å². The third kappa shape index (κ3) is 3.56. The predicted octanol–water partition coefficient (Wildman–Crippen LogP) is 3.32. The number of benzene rings is 1. The van der Waals surface area contributed by atoms with Crippen LogP contribution in [0.3, 0.4) is 0 Å². The van der Waals surface area contributed by atoms with E-state index >= 15 is 0 Å². The quantitative estimate of drug-likeness (QED) is 0.867. The molecule has 1 unspecified atom stereocenters. The number of nitrogens with zero attached hydrogens (tertiary/aromatic N) is 1. The number of nitrogens with one attached hydrogen (secondary N) is 1. The molecule has 4 nitrogen and oxygen atoms in total. The Kier molecular flexibility index (Phi) is 5.01. The lowest BCUT2D eigenvalue weighted by Gasteiger charge is -2.27. The van der Waals surface area contributed by atoms with Crippen LogP contribution in [0.1, 0.15) is 38.1 Å². The number of hydrogen-bond donors (Lipinski definition) is 1. The van der Waals surface area contributed by atoms with Gasteiger partial charge in [0.15, 0.2) is 0 Å². The molecule has 22 heavy (non-hydrogen) atoms. The van der Waals surface area contributed by atoms with Crippen LogP contribution in [0, 0.1) is 11.8 Å². The van der Waals surface area contributed by atoms with Crippen LogP contribution in [0.4, 0.5) is 5.69 Å². The van der Waals surface area contributed by atoms with Crippen molar-refractivity contribution in [3.63, 3.8) is 0 Å². The Morgan fingerprint density at radius 1 is 1.23 bits per heavy atom. The summed E-state index contributed by atoms with van der Waals surface area (Å²) in [4.78, 5) is 26.4. The summed E-state index contributed by atoms with van der Waals surface area (Å²) in [5.41, 5.74) is 1.27. The van der Waals surface area contributed by atoms with E-state index in [2.05, 4.69) is 25.2 Å². The second-order valence-corrected chi connectivity index (χ2v) is 6.35. The van der Waals surface area contributed by atoms with Gasteiger partial charge in [-0.25, -0.2) is 0 Å². The zero-order valence-corrected chi connectivity index (χ0v) is 13.7. The number of amides is 2. The lowest BCUT2D eigenvalue weighted by Crippen LogP contribution is -2.39. The molecule has 2 amide bonds. The van der Waals surface area contributed by atoms with Crippen LogP contribution in [0.15, 0.2) is 36.4 Å². The molecule has 0 bridgehead atoms. The first-order valence-corrected chi connectivity index (χ1v) is 7.78. The van der Waals surface area contributed by atoms with Crippen molar-refractivity contribution in [1.29, 1.82) is 0 Å². The van der Waals surface area contributed by atoms with Crippen molar-refractivity contribution < 1.29 is 9.59 Å². The molecule has 1 aromatic carbocycles. The summed E-state index contributed by atoms with van der Waals surface area (Å²) in [7, 11) is 0. The van der Waals surface area contributed by atoms with Gasteiger partial charge in [0.25, 0.3) is 5.91 Å². The molecular formula is C18H24N2O2. The molecule has 1 heterocycles. The summed E-state index contributed by atoms with van der Waals surface area (Å²) >= 11 is 0. The Morgan fingerprint density at radius 3 is 2.59 bits per heavy atom. The topological polar surface area (TPSA) is 49.4 Å². The fourth-order valence-corrected chi connectivity index (χ4v) is 2.52. The summed E-state index contributed by atoms with van der Waals surface area (Å²) in [5.74, 6) is 0.246. The molecule has 4 heteroatoms. The first kappa shape index (κ1) is 16.3. The SMILES string of the molecule is CC(C)C(=O)Nc1cccc(C(=O)N2CC=CC2C(C)C)c1. The first-order valence-electron chi connectivity index (χ1n) is 7.78. The van der Waals surface area contributed by atoms with E-state index < -0.39 is 0 Å². The number of carbonyl (C=O) groups excluding carboxylic acids is 2. The molecule has 0 radical (unpaired) electrons. The fourth-order valence-electron chi connectivity index (χ4n) is 2.52. The van der Waals surface area contributed by atoms with Gasteiger partial charge in [-0.3, -0.25) is 9.59 Å². The van der Waals surface area contributed by atoms with Gasteiger partial charge in [0.2, 0.25) is 5.91 Å². The van der Waals surface area contributed by atoms with Crippen molar-refractivity contribution in [2.24, 2.45) is 11.8 Å². The van der Waals surface area contributed by atoms with Gasteiger partial charge >= 0.3 is 0 Å². The Balaban J connectivity index is 2.15. The minimum Gasteiger partial charge on any atom is -0.328 e. The normalized spacial score (nSPS) is 17.4. The Morgan fingerprint density at radius 2 is 1.95 bits per heavy atom. The second-order valence-electron chi connectivity index (χ2n) is 6.35. The van der Waals surface area contributed by atoms with Crippen molar-refractivity contribution in [1.82, 2.24) is 4.90 Å². The van der Waals surface area contributed by atoms with Crippen molar-refractivity contribution in [2.45, 2.75) is 33.7 Å². The Hall–Kier alpha value is -2.10. The maximum absolute atomic E-state index is 12.7. The van der Waals surface area contributed by atoms with Crippen molar-refractivity contribution >= 4 is 17.5 Å². The molecule has 0 spiro atoms. The minimum atomic E-state index is -0.0903. The van der Waals surface area contributed by atoms with E-state index in [4.69, 9.17) is 0 Å². The van der Waals surface area contributed by atoms with E-state index in [1.807, 2.05) is 24.8 Å². The average molecular weight is 300 g/mol. The standard InChI is InChI=1S/C18H24N2O2/c1-12(2)16-9-6-10-20(16)18(22)14-7-5-8-15(11-14)19-17(21)13(3)4/h5-9,11-13,16H,10H2,1-4H3,(H,19,21). The summed E-state index contributed by atoms with van der Waals surface area (Å²) in [6, 6.07) is 7.29. The molecule has 2 rings (SSSR count). The van der Waals surface area contributed by atoms with Crippen LogP contribution in [0.5, 0.6) is 0 Å². The highest BCUT2D eigenvalue weighted by Crippen LogP contribution is 2.22. The highest BCUT2D eigenvalue weighted by Gasteiger charge is 2.27. The smallest absolute Gasteiger partial charge is 0.254 e. The third-order valence-corrected chi connectivity index (χ3v) is 3.84. The second kappa shape index (κ2) is 6.77. The highest BCUT2D eigenvalue weighted by molar-refractivity contribution is 5.98.